The topological polar surface area (TPSA) is 21.3 Å². The van der Waals surface area contributed by atoms with Crippen molar-refractivity contribution in [2.45, 2.75) is 25.8 Å². The van der Waals surface area contributed by atoms with E-state index in [4.69, 9.17) is 4.74 Å². The van der Waals surface area contributed by atoms with E-state index in [0.717, 1.165) is 25.1 Å². The summed E-state index contributed by atoms with van der Waals surface area (Å²) < 4.78 is 18.0. The number of ether oxygens (including phenoxy) is 1. The van der Waals surface area contributed by atoms with Gasteiger partial charge in [-0.3, -0.25) is 0 Å². The van der Waals surface area contributed by atoms with E-state index in [2.05, 4.69) is 24.4 Å². The normalized spacial score (nSPS) is 12.1. The fourth-order valence-electron chi connectivity index (χ4n) is 2.29. The average molecular weight is 287 g/mol. The second-order valence-corrected chi connectivity index (χ2v) is 5.18. The lowest BCUT2D eigenvalue weighted by molar-refractivity contribution is 0.413. The fraction of sp³-hybridized carbons (Fsp3) is 0.333. The first-order chi connectivity index (χ1) is 10.2. The van der Waals surface area contributed by atoms with Gasteiger partial charge >= 0.3 is 0 Å². The Labute approximate surface area is 126 Å². The van der Waals surface area contributed by atoms with Gasteiger partial charge in [0.2, 0.25) is 0 Å². The van der Waals surface area contributed by atoms with Crippen LogP contribution in [-0.4, -0.2) is 13.7 Å². The third-order valence-corrected chi connectivity index (χ3v) is 3.60. The molecule has 0 radical (unpaired) electrons. The second-order valence-electron chi connectivity index (χ2n) is 5.18. The zero-order valence-electron chi connectivity index (χ0n) is 12.6. The maximum absolute atomic E-state index is 12.8. The number of hydrogen-bond donors (Lipinski definition) is 1. The molecule has 0 aliphatic heterocycles. The minimum atomic E-state index is -0.177. The van der Waals surface area contributed by atoms with Crippen LogP contribution in [-0.2, 0) is 6.42 Å². The number of nitrogens with one attached hydrogen (secondary N) is 1. The van der Waals surface area contributed by atoms with Crippen LogP contribution in [0, 0.1) is 5.82 Å². The van der Waals surface area contributed by atoms with Gasteiger partial charge in [0, 0.05) is 6.04 Å². The van der Waals surface area contributed by atoms with Gasteiger partial charge in [-0.1, -0.05) is 24.3 Å². The van der Waals surface area contributed by atoms with Crippen LogP contribution in [0.3, 0.4) is 0 Å². The van der Waals surface area contributed by atoms with Crippen molar-refractivity contribution >= 4 is 0 Å². The van der Waals surface area contributed by atoms with Crippen LogP contribution in [0.25, 0.3) is 0 Å². The number of methoxy groups -OCH3 is 1. The van der Waals surface area contributed by atoms with E-state index in [-0.39, 0.29) is 11.9 Å². The van der Waals surface area contributed by atoms with E-state index in [0.29, 0.717) is 0 Å². The molecule has 0 bridgehead atoms. The van der Waals surface area contributed by atoms with Crippen molar-refractivity contribution in [1.29, 1.82) is 0 Å². The predicted octanol–water partition coefficient (Wildman–Crippen LogP) is 4.12. The summed E-state index contributed by atoms with van der Waals surface area (Å²) >= 11 is 0. The molecule has 0 saturated carbocycles. The van der Waals surface area contributed by atoms with E-state index in [1.54, 1.807) is 7.11 Å². The third kappa shape index (κ3) is 4.87. The summed E-state index contributed by atoms with van der Waals surface area (Å²) in [7, 11) is 1.68. The van der Waals surface area contributed by atoms with Crippen molar-refractivity contribution in [2.75, 3.05) is 13.7 Å². The molecule has 1 N–H and O–H groups in total. The highest BCUT2D eigenvalue weighted by Gasteiger charge is 2.05. The molecule has 2 aromatic rings. The van der Waals surface area contributed by atoms with Gasteiger partial charge in [0.05, 0.1) is 7.11 Å². The van der Waals surface area contributed by atoms with Gasteiger partial charge in [-0.15, -0.1) is 0 Å². The molecule has 0 fully saturated rings. The molecule has 0 spiro atoms. The summed E-state index contributed by atoms with van der Waals surface area (Å²) in [6, 6.07) is 15.1. The lowest BCUT2D eigenvalue weighted by Crippen LogP contribution is -2.20. The zero-order chi connectivity index (χ0) is 15.1. The average Bonchev–Trinajstić information content (AvgIpc) is 2.53. The molecule has 0 amide bonds. The number of aryl methyl sites for hydroxylation is 1. The Bertz CT molecular complexity index is 553. The standard InChI is InChI=1S/C18H22FNO/c1-14(16-6-3-7-18(13-16)21-2)20-12-4-5-15-8-10-17(19)11-9-15/h3,6-11,13-14,20H,4-5,12H2,1-2H3/t14-/m0/s1. The van der Waals surface area contributed by atoms with Gasteiger partial charge in [-0.05, 0) is 61.7 Å². The molecule has 2 nitrogen and oxygen atoms in total. The van der Waals surface area contributed by atoms with E-state index in [1.807, 2.05) is 24.3 Å². The van der Waals surface area contributed by atoms with E-state index in [1.165, 1.54) is 23.3 Å². The molecule has 0 heterocycles. The maximum Gasteiger partial charge on any atom is 0.123 e. The Morgan fingerprint density at radius 3 is 2.62 bits per heavy atom. The lowest BCUT2D eigenvalue weighted by Gasteiger charge is -2.15. The number of benzene rings is 2. The molecule has 2 rings (SSSR count). The van der Waals surface area contributed by atoms with Crippen molar-refractivity contribution in [2.24, 2.45) is 0 Å². The van der Waals surface area contributed by atoms with Gasteiger partial charge in [0.1, 0.15) is 11.6 Å². The summed E-state index contributed by atoms with van der Waals surface area (Å²) in [5, 5.41) is 3.50. The Balaban J connectivity index is 1.76. The molecular formula is C18H22FNO. The van der Waals surface area contributed by atoms with Crippen LogP contribution in [0.5, 0.6) is 5.75 Å². The van der Waals surface area contributed by atoms with Crippen molar-refractivity contribution < 1.29 is 9.13 Å². The van der Waals surface area contributed by atoms with Gasteiger partial charge in [-0.2, -0.15) is 0 Å². The largest absolute Gasteiger partial charge is 0.497 e. The van der Waals surface area contributed by atoms with Gasteiger partial charge < -0.3 is 10.1 Å². The predicted molar refractivity (Wildman–Crippen MR) is 84.1 cm³/mol. The van der Waals surface area contributed by atoms with Gasteiger partial charge in [0.25, 0.3) is 0 Å². The molecule has 3 heteroatoms. The first kappa shape index (κ1) is 15.5. The molecule has 2 aromatic carbocycles. The van der Waals surface area contributed by atoms with Gasteiger partial charge in [0.15, 0.2) is 0 Å². The Hall–Kier alpha value is -1.87. The molecular weight excluding hydrogens is 265 g/mol. The van der Waals surface area contributed by atoms with Crippen LogP contribution >= 0.6 is 0 Å². The Morgan fingerprint density at radius 1 is 1.14 bits per heavy atom. The first-order valence-electron chi connectivity index (χ1n) is 7.31. The lowest BCUT2D eigenvalue weighted by atomic mass is 10.1. The molecule has 0 saturated heterocycles. The van der Waals surface area contributed by atoms with Gasteiger partial charge in [-0.25, -0.2) is 4.39 Å². The summed E-state index contributed by atoms with van der Waals surface area (Å²) in [5.74, 6) is 0.705. The van der Waals surface area contributed by atoms with E-state index in [9.17, 15) is 4.39 Å². The van der Waals surface area contributed by atoms with Crippen LogP contribution in [0.15, 0.2) is 48.5 Å². The Morgan fingerprint density at radius 2 is 1.90 bits per heavy atom. The molecule has 21 heavy (non-hydrogen) atoms. The zero-order valence-corrected chi connectivity index (χ0v) is 12.6. The highest BCUT2D eigenvalue weighted by molar-refractivity contribution is 5.30. The molecule has 112 valence electrons. The summed E-state index contributed by atoms with van der Waals surface area (Å²) in [6.45, 7) is 3.07. The maximum atomic E-state index is 12.8. The minimum Gasteiger partial charge on any atom is -0.497 e. The first-order valence-corrected chi connectivity index (χ1v) is 7.31. The monoisotopic (exact) mass is 287 g/mol. The van der Waals surface area contributed by atoms with E-state index >= 15 is 0 Å². The van der Waals surface area contributed by atoms with Crippen molar-refractivity contribution in [3.63, 3.8) is 0 Å². The molecule has 0 unspecified atom stereocenters. The Kier molecular flexibility index (Phi) is 5.76. The van der Waals surface area contributed by atoms with Crippen molar-refractivity contribution in [3.8, 4) is 5.75 Å². The quantitative estimate of drug-likeness (QED) is 0.774. The summed E-state index contributed by atoms with van der Waals surface area (Å²) in [5.41, 5.74) is 2.39. The fourth-order valence-corrected chi connectivity index (χ4v) is 2.29. The van der Waals surface area contributed by atoms with Crippen LogP contribution < -0.4 is 10.1 Å². The SMILES string of the molecule is COc1cccc([C@H](C)NCCCc2ccc(F)cc2)c1. The second kappa shape index (κ2) is 7.79. The number of rotatable bonds is 7. The van der Waals surface area contributed by atoms with Crippen LogP contribution in [0.1, 0.15) is 30.5 Å². The summed E-state index contributed by atoms with van der Waals surface area (Å²) in [6.07, 6.45) is 1.98. The third-order valence-electron chi connectivity index (χ3n) is 3.60. The smallest absolute Gasteiger partial charge is 0.123 e. The number of halogens is 1. The van der Waals surface area contributed by atoms with Crippen LogP contribution in [0.4, 0.5) is 4.39 Å². The number of hydrogen-bond acceptors (Lipinski definition) is 2. The van der Waals surface area contributed by atoms with E-state index < -0.39 is 0 Å². The van der Waals surface area contributed by atoms with Crippen molar-refractivity contribution in [1.82, 2.24) is 5.32 Å². The van der Waals surface area contributed by atoms with Crippen molar-refractivity contribution in [3.05, 3.63) is 65.5 Å². The summed E-state index contributed by atoms with van der Waals surface area (Å²) in [4.78, 5) is 0. The minimum absolute atomic E-state index is 0.177. The highest BCUT2D eigenvalue weighted by Crippen LogP contribution is 2.18. The molecule has 0 aliphatic carbocycles. The molecule has 0 aliphatic rings. The van der Waals surface area contributed by atoms with Crippen LogP contribution in [0.2, 0.25) is 0 Å². The molecule has 1 atom stereocenters. The molecule has 0 aromatic heterocycles. The highest BCUT2D eigenvalue weighted by atomic mass is 19.1.